The third-order valence-corrected chi connectivity index (χ3v) is 3.49. The Balaban J connectivity index is 0. The van der Waals surface area contributed by atoms with Crippen LogP contribution in [0.4, 0.5) is 0 Å². The van der Waals surface area contributed by atoms with Crippen LogP contribution in [0.25, 0.3) is 0 Å². The van der Waals surface area contributed by atoms with Crippen LogP contribution >= 0.6 is 24.0 Å². The SMILES string of the molecule is CNC(CC(C)=O)SC.CNCC(C=S)C(C)=O. The van der Waals surface area contributed by atoms with Crippen molar-refractivity contribution < 1.29 is 9.59 Å². The van der Waals surface area contributed by atoms with Gasteiger partial charge in [-0.05, 0) is 39.6 Å². The van der Waals surface area contributed by atoms with Crippen LogP contribution in [0.2, 0.25) is 0 Å². The first-order valence-corrected chi connectivity index (χ1v) is 7.48. The summed E-state index contributed by atoms with van der Waals surface area (Å²) in [6, 6.07) is 0. The predicted octanol–water partition coefficient (Wildman–Crippen LogP) is 1.28. The zero-order chi connectivity index (χ0) is 14.6. The molecule has 18 heavy (non-hydrogen) atoms. The summed E-state index contributed by atoms with van der Waals surface area (Å²) in [6.45, 7) is 3.81. The quantitative estimate of drug-likeness (QED) is 0.519. The van der Waals surface area contributed by atoms with E-state index in [1.54, 1.807) is 32.7 Å². The van der Waals surface area contributed by atoms with Gasteiger partial charge in [0.1, 0.15) is 11.6 Å². The monoisotopic (exact) mass is 292 g/mol. The minimum atomic E-state index is -0.0926. The lowest BCUT2D eigenvalue weighted by Gasteiger charge is -2.09. The largest absolute Gasteiger partial charge is 0.319 e. The zero-order valence-corrected chi connectivity index (χ0v) is 13.4. The Bertz CT molecular complexity index is 256. The first-order valence-electron chi connectivity index (χ1n) is 5.72. The van der Waals surface area contributed by atoms with Crippen molar-refractivity contribution in [1.82, 2.24) is 10.6 Å². The maximum absolute atomic E-state index is 10.6. The average molecular weight is 292 g/mol. The van der Waals surface area contributed by atoms with E-state index in [4.69, 9.17) is 0 Å². The summed E-state index contributed by atoms with van der Waals surface area (Å²) >= 11 is 6.30. The molecular formula is C12H24N2O2S2. The number of hydrogen-bond acceptors (Lipinski definition) is 6. The molecule has 0 spiro atoms. The first-order chi connectivity index (χ1) is 8.42. The van der Waals surface area contributed by atoms with E-state index in [-0.39, 0.29) is 17.5 Å². The van der Waals surface area contributed by atoms with Gasteiger partial charge in [0.15, 0.2) is 0 Å². The number of thioether (sulfide) groups is 1. The normalized spacial score (nSPS) is 12.9. The summed E-state index contributed by atoms with van der Waals surface area (Å²) < 4.78 is 0. The van der Waals surface area contributed by atoms with Crippen molar-refractivity contribution >= 4 is 40.9 Å². The van der Waals surface area contributed by atoms with E-state index in [1.165, 1.54) is 5.37 Å². The number of carbonyl (C=O) groups is 2. The molecule has 0 saturated carbocycles. The van der Waals surface area contributed by atoms with Crippen molar-refractivity contribution in [2.24, 2.45) is 5.92 Å². The van der Waals surface area contributed by atoms with Crippen LogP contribution in [0.3, 0.4) is 0 Å². The number of Topliss-reactive ketones (excluding diaryl/α,β-unsaturated/α-hetero) is 2. The highest BCUT2D eigenvalue weighted by molar-refractivity contribution is 7.99. The lowest BCUT2D eigenvalue weighted by atomic mass is 10.1. The second-order valence-electron chi connectivity index (χ2n) is 3.83. The average Bonchev–Trinajstić information content (AvgIpc) is 2.33. The van der Waals surface area contributed by atoms with E-state index in [1.807, 2.05) is 13.3 Å². The summed E-state index contributed by atoms with van der Waals surface area (Å²) in [6.07, 6.45) is 2.61. The van der Waals surface area contributed by atoms with Crippen LogP contribution in [0.1, 0.15) is 20.3 Å². The van der Waals surface area contributed by atoms with Gasteiger partial charge in [0.25, 0.3) is 0 Å². The molecule has 0 amide bonds. The molecule has 2 atom stereocenters. The Morgan fingerprint density at radius 2 is 1.89 bits per heavy atom. The van der Waals surface area contributed by atoms with Crippen LogP contribution in [0.15, 0.2) is 0 Å². The number of thiocarbonyl (C=S) groups is 1. The Labute approximate surface area is 120 Å². The highest BCUT2D eigenvalue weighted by Gasteiger charge is 2.07. The summed E-state index contributed by atoms with van der Waals surface area (Å²) in [5.41, 5.74) is 0. The molecule has 0 rings (SSSR count). The van der Waals surface area contributed by atoms with E-state index in [9.17, 15) is 9.59 Å². The van der Waals surface area contributed by atoms with Crippen molar-refractivity contribution in [3.63, 3.8) is 0 Å². The molecule has 106 valence electrons. The standard InChI is InChI=1S/C6H11NOS.C6H13NOS/c1-5(8)6(4-9)3-7-2;1-5(8)4-6(7-2)9-3/h4,6-7H,3H2,1-2H3;6-7H,4H2,1-3H3. The molecule has 0 saturated heterocycles. The molecule has 0 heterocycles. The molecule has 0 aromatic rings. The fraction of sp³-hybridized carbons (Fsp3) is 0.750. The van der Waals surface area contributed by atoms with Gasteiger partial charge in [0, 0.05) is 13.0 Å². The molecular weight excluding hydrogens is 268 g/mol. The maximum atomic E-state index is 10.6. The van der Waals surface area contributed by atoms with E-state index in [2.05, 4.69) is 22.9 Å². The van der Waals surface area contributed by atoms with E-state index in [0.29, 0.717) is 18.3 Å². The van der Waals surface area contributed by atoms with E-state index >= 15 is 0 Å². The van der Waals surface area contributed by atoms with Crippen LogP contribution in [-0.2, 0) is 9.59 Å². The molecule has 4 nitrogen and oxygen atoms in total. The Morgan fingerprint density at radius 3 is 2.00 bits per heavy atom. The van der Waals surface area contributed by atoms with Crippen molar-refractivity contribution in [3.05, 3.63) is 0 Å². The minimum Gasteiger partial charge on any atom is -0.319 e. The minimum absolute atomic E-state index is 0.0926. The molecule has 0 aromatic carbocycles. The third kappa shape index (κ3) is 12.2. The number of rotatable bonds is 8. The molecule has 0 radical (unpaired) electrons. The molecule has 2 unspecified atom stereocenters. The fourth-order valence-electron chi connectivity index (χ4n) is 1.07. The van der Waals surface area contributed by atoms with E-state index in [0.717, 1.165) is 0 Å². The van der Waals surface area contributed by atoms with Crippen LogP contribution in [0.5, 0.6) is 0 Å². The van der Waals surface area contributed by atoms with Crippen LogP contribution < -0.4 is 10.6 Å². The Kier molecular flexibility index (Phi) is 14.6. The van der Waals surface area contributed by atoms with Gasteiger partial charge >= 0.3 is 0 Å². The molecule has 0 aliphatic rings. The maximum Gasteiger partial charge on any atom is 0.138 e. The predicted molar refractivity (Wildman–Crippen MR) is 83.4 cm³/mol. The van der Waals surface area contributed by atoms with Gasteiger partial charge < -0.3 is 10.6 Å². The molecule has 6 heteroatoms. The van der Waals surface area contributed by atoms with Gasteiger partial charge in [-0.25, -0.2) is 0 Å². The lowest BCUT2D eigenvalue weighted by Crippen LogP contribution is -2.24. The molecule has 0 aliphatic carbocycles. The fourth-order valence-corrected chi connectivity index (χ4v) is 2.00. The smallest absolute Gasteiger partial charge is 0.138 e. The van der Waals surface area contributed by atoms with Crippen LogP contribution in [-0.4, -0.2) is 49.2 Å². The number of ketones is 2. The van der Waals surface area contributed by atoms with Gasteiger partial charge in [0.05, 0.1) is 11.3 Å². The molecule has 0 bridgehead atoms. The Morgan fingerprint density at radius 1 is 1.33 bits per heavy atom. The van der Waals surface area contributed by atoms with Gasteiger partial charge in [-0.3, -0.25) is 9.59 Å². The zero-order valence-electron chi connectivity index (χ0n) is 11.8. The van der Waals surface area contributed by atoms with Crippen molar-refractivity contribution in [2.75, 3.05) is 26.9 Å². The molecule has 2 N–H and O–H groups in total. The van der Waals surface area contributed by atoms with Gasteiger partial charge in [-0.1, -0.05) is 12.2 Å². The molecule has 0 aromatic heterocycles. The molecule has 0 aliphatic heterocycles. The summed E-state index contributed by atoms with van der Waals surface area (Å²) in [7, 11) is 3.67. The van der Waals surface area contributed by atoms with Crippen molar-refractivity contribution in [1.29, 1.82) is 0 Å². The van der Waals surface area contributed by atoms with Gasteiger partial charge in [-0.15, -0.1) is 11.8 Å². The summed E-state index contributed by atoms with van der Waals surface area (Å²) in [4.78, 5) is 21.1. The summed E-state index contributed by atoms with van der Waals surface area (Å²) in [5, 5.41) is 7.70. The van der Waals surface area contributed by atoms with Crippen molar-refractivity contribution in [3.8, 4) is 0 Å². The summed E-state index contributed by atoms with van der Waals surface area (Å²) in [5.74, 6) is 0.271. The molecule has 0 fully saturated rings. The third-order valence-electron chi connectivity index (χ3n) is 2.19. The Hall–Kier alpha value is -0.300. The van der Waals surface area contributed by atoms with Crippen LogP contribution in [0, 0.1) is 5.92 Å². The highest BCUT2D eigenvalue weighted by Crippen LogP contribution is 2.06. The lowest BCUT2D eigenvalue weighted by molar-refractivity contribution is -0.118. The number of carbonyl (C=O) groups excluding carboxylic acids is 2. The van der Waals surface area contributed by atoms with Gasteiger partial charge in [-0.2, -0.15) is 0 Å². The van der Waals surface area contributed by atoms with E-state index < -0.39 is 0 Å². The number of hydrogen-bond donors (Lipinski definition) is 2. The van der Waals surface area contributed by atoms with Crippen molar-refractivity contribution in [2.45, 2.75) is 25.6 Å². The second kappa shape index (κ2) is 13.1. The second-order valence-corrected chi connectivity index (χ2v) is 5.14. The topological polar surface area (TPSA) is 58.2 Å². The first kappa shape index (κ1) is 20.0. The van der Waals surface area contributed by atoms with Gasteiger partial charge in [0.2, 0.25) is 0 Å². The number of nitrogens with one attached hydrogen (secondary N) is 2. The highest BCUT2D eigenvalue weighted by atomic mass is 32.2.